The van der Waals surface area contributed by atoms with Gasteiger partial charge in [0.1, 0.15) is 6.10 Å². The zero-order chi connectivity index (χ0) is 17.1. The zero-order valence-electron chi connectivity index (χ0n) is 14.1. The van der Waals surface area contributed by atoms with Crippen LogP contribution in [0.1, 0.15) is 23.4 Å². The van der Waals surface area contributed by atoms with Crippen molar-refractivity contribution in [2.24, 2.45) is 5.92 Å². The molecule has 25 heavy (non-hydrogen) atoms. The first-order valence-electron chi connectivity index (χ1n) is 8.86. The summed E-state index contributed by atoms with van der Waals surface area (Å²) in [6.07, 6.45) is 3.55. The van der Waals surface area contributed by atoms with Gasteiger partial charge in [0.2, 0.25) is 5.91 Å². The highest BCUT2D eigenvalue weighted by molar-refractivity contribution is 7.09. The summed E-state index contributed by atoms with van der Waals surface area (Å²) in [5, 5.41) is 5.08. The second-order valence-electron chi connectivity index (χ2n) is 6.80. The van der Waals surface area contributed by atoms with E-state index in [1.54, 1.807) is 17.5 Å². The maximum atomic E-state index is 12.4. The molecule has 2 aliphatic heterocycles. The van der Waals surface area contributed by atoms with Crippen LogP contribution in [0.4, 0.5) is 0 Å². The number of hydrogen-bond acceptors (Lipinski definition) is 5. The topological polar surface area (TPSA) is 54.5 Å². The fraction of sp³-hybridized carbons (Fsp3) is 0.474. The molecular weight excluding hydrogens is 334 g/mol. The first-order valence-corrected chi connectivity index (χ1v) is 9.74. The zero-order valence-corrected chi connectivity index (χ0v) is 15.0. The SMILES string of the molecule is O=C(NCc1ccccn1)[C@@H]1C[C@@H]2CCN(Cc3cccs3)C[C@H]2O1. The van der Waals surface area contributed by atoms with Crippen LogP contribution in [-0.2, 0) is 22.6 Å². The molecule has 132 valence electrons. The van der Waals surface area contributed by atoms with Crippen LogP contribution >= 0.6 is 11.3 Å². The third-order valence-corrected chi connectivity index (χ3v) is 5.92. The highest BCUT2D eigenvalue weighted by atomic mass is 32.1. The second kappa shape index (κ2) is 7.64. The largest absolute Gasteiger partial charge is 0.364 e. The Hall–Kier alpha value is -1.76. The highest BCUT2D eigenvalue weighted by Crippen LogP contribution is 2.34. The van der Waals surface area contributed by atoms with Gasteiger partial charge in [0.05, 0.1) is 18.3 Å². The van der Waals surface area contributed by atoms with E-state index in [-0.39, 0.29) is 18.1 Å². The lowest BCUT2D eigenvalue weighted by atomic mass is 9.91. The molecule has 0 bridgehead atoms. The standard InChI is InChI=1S/C19H23N3O2S/c23-19(21-11-15-4-1-2-7-20-15)17-10-14-6-8-22(13-18(14)24-17)12-16-5-3-9-25-16/h1-5,7,9,14,17-18H,6,8,10-13H2,(H,21,23)/t14-,17-,18+/m0/s1. The lowest BCUT2D eigenvalue weighted by molar-refractivity contribution is -0.133. The van der Waals surface area contributed by atoms with Gasteiger partial charge in [-0.15, -0.1) is 11.3 Å². The summed E-state index contributed by atoms with van der Waals surface area (Å²) in [6.45, 7) is 3.46. The van der Waals surface area contributed by atoms with Crippen molar-refractivity contribution in [1.29, 1.82) is 0 Å². The number of amides is 1. The number of likely N-dealkylation sites (tertiary alicyclic amines) is 1. The molecule has 4 rings (SSSR count). The molecule has 5 nitrogen and oxygen atoms in total. The number of ether oxygens (including phenoxy) is 1. The monoisotopic (exact) mass is 357 g/mol. The van der Waals surface area contributed by atoms with E-state index >= 15 is 0 Å². The first-order chi connectivity index (χ1) is 12.3. The van der Waals surface area contributed by atoms with Gasteiger partial charge in [0, 0.05) is 24.2 Å². The fourth-order valence-electron chi connectivity index (χ4n) is 3.72. The molecule has 0 radical (unpaired) electrons. The van der Waals surface area contributed by atoms with Crippen molar-refractivity contribution in [3.63, 3.8) is 0 Å². The minimum Gasteiger partial charge on any atom is -0.364 e. The average molecular weight is 357 g/mol. The molecule has 2 fully saturated rings. The van der Waals surface area contributed by atoms with Crippen molar-refractivity contribution < 1.29 is 9.53 Å². The van der Waals surface area contributed by atoms with E-state index in [4.69, 9.17) is 4.74 Å². The summed E-state index contributed by atoms with van der Waals surface area (Å²) in [5.74, 6) is 0.495. The molecule has 2 saturated heterocycles. The summed E-state index contributed by atoms with van der Waals surface area (Å²) >= 11 is 1.80. The van der Waals surface area contributed by atoms with Gasteiger partial charge >= 0.3 is 0 Å². The number of carbonyl (C=O) groups is 1. The van der Waals surface area contributed by atoms with Crippen LogP contribution < -0.4 is 5.32 Å². The van der Waals surface area contributed by atoms with E-state index < -0.39 is 0 Å². The van der Waals surface area contributed by atoms with Gasteiger partial charge in [0.15, 0.2) is 0 Å². The molecule has 1 N–H and O–H groups in total. The Labute approximate surface area is 152 Å². The average Bonchev–Trinajstić information content (AvgIpc) is 3.30. The van der Waals surface area contributed by atoms with Crippen molar-refractivity contribution in [1.82, 2.24) is 15.2 Å². The molecule has 0 aliphatic carbocycles. The quantitative estimate of drug-likeness (QED) is 0.893. The van der Waals surface area contributed by atoms with Crippen LogP contribution in [0.25, 0.3) is 0 Å². The molecule has 2 aromatic heterocycles. The molecule has 0 unspecified atom stereocenters. The highest BCUT2D eigenvalue weighted by Gasteiger charge is 2.41. The van der Waals surface area contributed by atoms with Crippen LogP contribution in [0.15, 0.2) is 41.9 Å². The Morgan fingerprint density at radius 1 is 1.36 bits per heavy atom. The second-order valence-corrected chi connectivity index (χ2v) is 7.83. The number of aromatic nitrogens is 1. The molecule has 0 aromatic carbocycles. The van der Waals surface area contributed by atoms with Gasteiger partial charge < -0.3 is 10.1 Å². The molecule has 0 spiro atoms. The van der Waals surface area contributed by atoms with Crippen molar-refractivity contribution in [2.75, 3.05) is 13.1 Å². The molecule has 2 aliphatic rings. The van der Waals surface area contributed by atoms with E-state index in [2.05, 4.69) is 32.7 Å². The Kier molecular flexibility index (Phi) is 5.10. The van der Waals surface area contributed by atoms with Gasteiger partial charge in [0.25, 0.3) is 0 Å². The Morgan fingerprint density at radius 3 is 3.12 bits per heavy atom. The van der Waals surface area contributed by atoms with Gasteiger partial charge in [-0.3, -0.25) is 14.7 Å². The molecular formula is C19H23N3O2S. The Bertz CT molecular complexity index is 692. The maximum absolute atomic E-state index is 12.4. The third kappa shape index (κ3) is 4.08. The third-order valence-electron chi connectivity index (χ3n) is 5.06. The number of nitrogens with one attached hydrogen (secondary N) is 1. The Morgan fingerprint density at radius 2 is 2.32 bits per heavy atom. The number of piperidine rings is 1. The van der Waals surface area contributed by atoms with Crippen molar-refractivity contribution in [3.8, 4) is 0 Å². The van der Waals surface area contributed by atoms with Gasteiger partial charge in [-0.05, 0) is 48.9 Å². The molecule has 0 saturated carbocycles. The molecule has 3 atom stereocenters. The molecule has 4 heterocycles. The van der Waals surface area contributed by atoms with Gasteiger partial charge in [-0.2, -0.15) is 0 Å². The Balaban J connectivity index is 1.28. The lowest BCUT2D eigenvalue weighted by Crippen LogP contribution is -2.42. The normalized spacial score (nSPS) is 26.3. The molecule has 2 aromatic rings. The van der Waals surface area contributed by atoms with E-state index in [0.717, 1.165) is 38.2 Å². The number of thiophene rings is 1. The first kappa shape index (κ1) is 16.7. The minimum atomic E-state index is -0.319. The van der Waals surface area contributed by atoms with Crippen LogP contribution in [0.2, 0.25) is 0 Å². The van der Waals surface area contributed by atoms with E-state index in [9.17, 15) is 4.79 Å². The van der Waals surface area contributed by atoms with Crippen molar-refractivity contribution >= 4 is 17.2 Å². The number of pyridine rings is 1. The van der Waals surface area contributed by atoms with E-state index in [0.29, 0.717) is 12.5 Å². The van der Waals surface area contributed by atoms with Gasteiger partial charge in [-0.1, -0.05) is 12.1 Å². The van der Waals surface area contributed by atoms with E-state index in [1.165, 1.54) is 4.88 Å². The van der Waals surface area contributed by atoms with E-state index in [1.807, 2.05) is 18.2 Å². The smallest absolute Gasteiger partial charge is 0.249 e. The van der Waals surface area contributed by atoms with Crippen molar-refractivity contribution in [3.05, 3.63) is 52.5 Å². The maximum Gasteiger partial charge on any atom is 0.249 e. The minimum absolute atomic E-state index is 0.00939. The predicted octanol–water partition coefficient (Wildman–Crippen LogP) is 2.44. The fourth-order valence-corrected chi connectivity index (χ4v) is 4.47. The predicted molar refractivity (Wildman–Crippen MR) is 97.1 cm³/mol. The summed E-state index contributed by atoms with van der Waals surface area (Å²) in [4.78, 5) is 20.5. The number of carbonyl (C=O) groups excluding carboxylic acids is 1. The number of rotatable bonds is 5. The number of fused-ring (bicyclic) bond motifs is 1. The van der Waals surface area contributed by atoms with Crippen LogP contribution in [0.5, 0.6) is 0 Å². The molecule has 1 amide bonds. The van der Waals surface area contributed by atoms with Crippen LogP contribution in [-0.4, -0.2) is 41.1 Å². The number of nitrogens with zero attached hydrogens (tertiary/aromatic N) is 2. The summed E-state index contributed by atoms with van der Waals surface area (Å²) in [6, 6.07) is 9.99. The summed E-state index contributed by atoms with van der Waals surface area (Å²) < 4.78 is 6.09. The van der Waals surface area contributed by atoms with Crippen LogP contribution in [0, 0.1) is 5.92 Å². The summed E-state index contributed by atoms with van der Waals surface area (Å²) in [5.41, 5.74) is 0.869. The van der Waals surface area contributed by atoms with Gasteiger partial charge in [-0.25, -0.2) is 0 Å². The lowest BCUT2D eigenvalue weighted by Gasteiger charge is -2.33. The van der Waals surface area contributed by atoms with Crippen LogP contribution in [0.3, 0.4) is 0 Å². The number of hydrogen-bond donors (Lipinski definition) is 1. The summed E-state index contributed by atoms with van der Waals surface area (Å²) in [7, 11) is 0. The van der Waals surface area contributed by atoms with Crippen molar-refractivity contribution in [2.45, 2.75) is 38.1 Å². The molecule has 6 heteroatoms.